The summed E-state index contributed by atoms with van der Waals surface area (Å²) in [6, 6.07) is 8.78. The van der Waals surface area contributed by atoms with E-state index in [1.807, 2.05) is 30.9 Å². The lowest BCUT2D eigenvalue weighted by Crippen LogP contribution is -2.43. The molecule has 0 amide bonds. The average molecular weight is 379 g/mol. The van der Waals surface area contributed by atoms with Gasteiger partial charge in [-0.25, -0.2) is 0 Å². The molecule has 1 N–H and O–H groups in total. The number of halogens is 1. The zero-order valence-electron chi connectivity index (χ0n) is 15.0. The van der Waals surface area contributed by atoms with Crippen LogP contribution in [0.4, 0.5) is 0 Å². The molecule has 25 heavy (non-hydrogen) atoms. The Morgan fingerprint density at radius 3 is 2.88 bits per heavy atom. The fourth-order valence-corrected chi connectivity index (χ4v) is 4.45. The third-order valence-electron chi connectivity index (χ3n) is 4.99. The third kappa shape index (κ3) is 4.72. The molecular weight excluding hydrogens is 352 g/mol. The standard InChI is InChI=1S/C19H27ClN4S/c1-21-19(24-11-8-17(14-24)23-9-3-4-10-23)22-13-18(25-2)15-6-5-7-16(20)12-15/h3-7,12,17-18H,8-11,13-14H2,1-2H3,(H,21,22). The number of thioether (sulfide) groups is 1. The largest absolute Gasteiger partial charge is 0.355 e. The van der Waals surface area contributed by atoms with E-state index in [4.69, 9.17) is 11.6 Å². The predicted molar refractivity (Wildman–Crippen MR) is 110 cm³/mol. The van der Waals surface area contributed by atoms with E-state index >= 15 is 0 Å². The molecule has 2 aliphatic heterocycles. The van der Waals surface area contributed by atoms with Gasteiger partial charge < -0.3 is 10.2 Å². The quantitative estimate of drug-likeness (QED) is 0.484. The molecule has 1 aromatic rings. The van der Waals surface area contributed by atoms with Gasteiger partial charge in [0.15, 0.2) is 5.96 Å². The van der Waals surface area contributed by atoms with Crippen LogP contribution in [0.3, 0.4) is 0 Å². The normalized spacial score (nSPS) is 22.6. The molecule has 1 saturated heterocycles. The molecule has 6 heteroatoms. The number of benzene rings is 1. The molecule has 0 bridgehead atoms. The van der Waals surface area contributed by atoms with E-state index in [1.54, 1.807) is 0 Å². The van der Waals surface area contributed by atoms with Crippen LogP contribution in [0, 0.1) is 0 Å². The Hall–Kier alpha value is -1.17. The van der Waals surface area contributed by atoms with Crippen molar-refractivity contribution in [1.29, 1.82) is 0 Å². The summed E-state index contributed by atoms with van der Waals surface area (Å²) in [6.07, 6.45) is 7.89. The monoisotopic (exact) mass is 378 g/mol. The topological polar surface area (TPSA) is 30.9 Å². The van der Waals surface area contributed by atoms with Gasteiger partial charge in [0.25, 0.3) is 0 Å². The molecule has 2 aliphatic rings. The van der Waals surface area contributed by atoms with Crippen LogP contribution in [0.1, 0.15) is 17.2 Å². The zero-order chi connectivity index (χ0) is 17.6. The number of hydrogen-bond donors (Lipinski definition) is 1. The molecule has 2 unspecified atom stereocenters. The van der Waals surface area contributed by atoms with Crippen molar-refractivity contribution in [3.8, 4) is 0 Å². The molecule has 4 nitrogen and oxygen atoms in total. The first kappa shape index (κ1) is 18.6. The minimum Gasteiger partial charge on any atom is -0.355 e. The molecule has 2 atom stereocenters. The Balaban J connectivity index is 1.55. The summed E-state index contributed by atoms with van der Waals surface area (Å²) in [5, 5.41) is 4.72. The highest BCUT2D eigenvalue weighted by atomic mass is 35.5. The number of hydrogen-bond acceptors (Lipinski definition) is 3. The lowest BCUT2D eigenvalue weighted by molar-refractivity contribution is 0.259. The minimum atomic E-state index is 0.358. The fourth-order valence-electron chi connectivity index (χ4n) is 3.59. The fraction of sp³-hybridized carbons (Fsp3) is 0.526. The first-order valence-corrected chi connectivity index (χ1v) is 10.5. The van der Waals surface area contributed by atoms with E-state index < -0.39 is 0 Å². The van der Waals surface area contributed by atoms with Gasteiger partial charge in [0.05, 0.1) is 0 Å². The molecule has 0 aliphatic carbocycles. The van der Waals surface area contributed by atoms with Crippen molar-refractivity contribution in [3.63, 3.8) is 0 Å². The van der Waals surface area contributed by atoms with Gasteiger partial charge in [0, 0.05) is 56.1 Å². The van der Waals surface area contributed by atoms with Crippen molar-refractivity contribution < 1.29 is 0 Å². The minimum absolute atomic E-state index is 0.358. The SMILES string of the molecule is CN=C(NCC(SC)c1cccc(Cl)c1)N1CCC(N2CC=CC2)C1. The zero-order valence-corrected chi connectivity index (χ0v) is 16.6. The predicted octanol–water partition coefficient (Wildman–Crippen LogP) is 3.27. The lowest BCUT2D eigenvalue weighted by atomic mass is 10.1. The third-order valence-corrected chi connectivity index (χ3v) is 6.23. The van der Waals surface area contributed by atoms with Crippen molar-refractivity contribution >= 4 is 29.3 Å². The Morgan fingerprint density at radius 1 is 1.40 bits per heavy atom. The molecule has 0 saturated carbocycles. The van der Waals surface area contributed by atoms with Gasteiger partial charge in [-0.2, -0.15) is 11.8 Å². The summed E-state index contributed by atoms with van der Waals surface area (Å²) in [6.45, 7) is 5.16. The highest BCUT2D eigenvalue weighted by Crippen LogP contribution is 2.28. The second-order valence-electron chi connectivity index (χ2n) is 6.52. The summed E-state index contributed by atoms with van der Waals surface area (Å²) < 4.78 is 0. The van der Waals surface area contributed by atoms with Gasteiger partial charge in [-0.3, -0.25) is 9.89 Å². The summed E-state index contributed by atoms with van der Waals surface area (Å²) in [5.74, 6) is 1.01. The van der Waals surface area contributed by atoms with Crippen LogP contribution in [0.5, 0.6) is 0 Å². The van der Waals surface area contributed by atoms with Gasteiger partial charge in [0.1, 0.15) is 0 Å². The van der Waals surface area contributed by atoms with Crippen molar-refractivity contribution in [2.24, 2.45) is 4.99 Å². The smallest absolute Gasteiger partial charge is 0.193 e. The van der Waals surface area contributed by atoms with Crippen LogP contribution in [0.2, 0.25) is 5.02 Å². The van der Waals surface area contributed by atoms with Crippen LogP contribution in [0.15, 0.2) is 41.4 Å². The molecule has 0 radical (unpaired) electrons. The van der Waals surface area contributed by atoms with Gasteiger partial charge in [-0.05, 0) is 30.4 Å². The molecule has 1 fully saturated rings. The number of nitrogens with one attached hydrogen (secondary N) is 1. The molecule has 1 aromatic carbocycles. The highest BCUT2D eigenvalue weighted by molar-refractivity contribution is 7.98. The second-order valence-corrected chi connectivity index (χ2v) is 8.00. The van der Waals surface area contributed by atoms with Gasteiger partial charge in [0.2, 0.25) is 0 Å². The van der Waals surface area contributed by atoms with E-state index in [9.17, 15) is 0 Å². The molecule has 0 spiro atoms. The van der Waals surface area contributed by atoms with Gasteiger partial charge >= 0.3 is 0 Å². The van der Waals surface area contributed by atoms with Crippen LogP contribution in [0.25, 0.3) is 0 Å². The molecule has 2 heterocycles. The van der Waals surface area contributed by atoms with Crippen molar-refractivity contribution in [1.82, 2.24) is 15.1 Å². The van der Waals surface area contributed by atoms with Gasteiger partial charge in [-0.1, -0.05) is 35.9 Å². The molecule has 3 rings (SSSR count). The second kappa shape index (κ2) is 8.97. The number of rotatable bonds is 5. The summed E-state index contributed by atoms with van der Waals surface area (Å²) >= 11 is 7.98. The van der Waals surface area contributed by atoms with Crippen LogP contribution in [-0.2, 0) is 0 Å². The first-order chi connectivity index (χ1) is 12.2. The first-order valence-electron chi connectivity index (χ1n) is 8.84. The van der Waals surface area contributed by atoms with E-state index in [2.05, 4.69) is 50.6 Å². The molecular formula is C19H27ClN4S. The number of likely N-dealkylation sites (tertiary alicyclic amines) is 1. The molecule has 136 valence electrons. The van der Waals surface area contributed by atoms with Crippen molar-refractivity contribution in [3.05, 3.63) is 47.0 Å². The maximum atomic E-state index is 6.15. The summed E-state index contributed by atoms with van der Waals surface area (Å²) in [5.41, 5.74) is 1.25. The van der Waals surface area contributed by atoms with E-state index in [-0.39, 0.29) is 0 Å². The Morgan fingerprint density at radius 2 is 2.20 bits per heavy atom. The van der Waals surface area contributed by atoms with E-state index in [0.717, 1.165) is 43.7 Å². The maximum Gasteiger partial charge on any atom is 0.193 e. The lowest BCUT2D eigenvalue weighted by Gasteiger charge is -2.26. The van der Waals surface area contributed by atoms with Crippen LogP contribution in [-0.4, -0.2) is 67.8 Å². The number of guanidine groups is 1. The number of nitrogens with zero attached hydrogens (tertiary/aromatic N) is 3. The Kier molecular flexibility index (Phi) is 6.68. The Labute approximate surface area is 160 Å². The van der Waals surface area contributed by atoms with Gasteiger partial charge in [-0.15, -0.1) is 0 Å². The highest BCUT2D eigenvalue weighted by Gasteiger charge is 2.29. The Bertz CT molecular complexity index is 626. The van der Waals surface area contributed by atoms with Crippen molar-refractivity contribution in [2.75, 3.05) is 46.0 Å². The maximum absolute atomic E-state index is 6.15. The van der Waals surface area contributed by atoms with E-state index in [1.165, 1.54) is 12.0 Å². The van der Waals surface area contributed by atoms with Crippen LogP contribution >= 0.6 is 23.4 Å². The van der Waals surface area contributed by atoms with Crippen molar-refractivity contribution in [2.45, 2.75) is 17.7 Å². The summed E-state index contributed by atoms with van der Waals surface area (Å²) in [4.78, 5) is 9.44. The average Bonchev–Trinajstić information content (AvgIpc) is 3.30. The molecule has 0 aromatic heterocycles. The van der Waals surface area contributed by atoms with Crippen LogP contribution < -0.4 is 5.32 Å². The summed E-state index contributed by atoms with van der Waals surface area (Å²) in [7, 11) is 1.88. The number of aliphatic imine (C=N–C) groups is 1. The van der Waals surface area contributed by atoms with E-state index in [0.29, 0.717) is 11.3 Å².